The molecule has 1 heterocycles. The van der Waals surface area contributed by atoms with Gasteiger partial charge in [0.05, 0.1) is 23.4 Å². The lowest BCUT2D eigenvalue weighted by molar-refractivity contribution is -0.129. The van der Waals surface area contributed by atoms with E-state index in [4.69, 9.17) is 4.74 Å². The van der Waals surface area contributed by atoms with Crippen LogP contribution in [0.5, 0.6) is 5.75 Å². The number of nitrogens with zero attached hydrogens (tertiary/aromatic N) is 2. The van der Waals surface area contributed by atoms with Gasteiger partial charge in [0.2, 0.25) is 5.91 Å². The van der Waals surface area contributed by atoms with E-state index >= 15 is 0 Å². The number of benzene rings is 3. The lowest BCUT2D eigenvalue weighted by atomic mass is 9.94. The van der Waals surface area contributed by atoms with Crippen molar-refractivity contribution in [3.63, 3.8) is 0 Å². The summed E-state index contributed by atoms with van der Waals surface area (Å²) in [5.74, 6) is 0.371. The van der Waals surface area contributed by atoms with Crippen molar-refractivity contribution in [2.75, 3.05) is 0 Å². The second kappa shape index (κ2) is 11.6. The standard InChI is InChI=1S/C30H34FN3O2.CH4/c1-6-7-21-8-10-22(11-9-21)28(20(2)33-29(35)30(3,4)5)36-26-16-17-27-23(18-26)19-32-34(27)25-14-12-24(31)13-15-25;/h8-20,28H,6-7H2,1-5H3,(H,33,35);1H4/t20-,28-;/m0./s1. The smallest absolute Gasteiger partial charge is 0.225 e. The van der Waals surface area contributed by atoms with Crippen molar-refractivity contribution in [1.29, 1.82) is 0 Å². The normalized spacial score (nSPS) is 13.0. The fraction of sp³-hybridized carbons (Fsp3) is 0.355. The predicted octanol–water partition coefficient (Wildman–Crippen LogP) is 7.42. The number of rotatable bonds is 8. The number of carbonyl (C=O) groups excluding carboxylic acids is 1. The number of hydrogen-bond acceptors (Lipinski definition) is 3. The first-order valence-electron chi connectivity index (χ1n) is 12.5. The highest BCUT2D eigenvalue weighted by Gasteiger charge is 2.28. The van der Waals surface area contributed by atoms with E-state index in [1.807, 2.05) is 45.9 Å². The molecule has 0 unspecified atom stereocenters. The molecule has 5 nitrogen and oxygen atoms in total. The Labute approximate surface area is 219 Å². The average Bonchev–Trinajstić information content (AvgIpc) is 3.26. The highest BCUT2D eigenvalue weighted by molar-refractivity contribution is 5.82. The molecule has 6 heteroatoms. The van der Waals surface area contributed by atoms with E-state index in [0.29, 0.717) is 5.75 Å². The van der Waals surface area contributed by atoms with E-state index < -0.39 is 5.41 Å². The predicted molar refractivity (Wildman–Crippen MR) is 149 cm³/mol. The molecule has 196 valence electrons. The van der Waals surface area contributed by atoms with Crippen molar-refractivity contribution in [2.24, 2.45) is 5.41 Å². The van der Waals surface area contributed by atoms with Crippen LogP contribution in [0.1, 0.15) is 65.7 Å². The molecule has 3 aromatic carbocycles. The van der Waals surface area contributed by atoms with Gasteiger partial charge >= 0.3 is 0 Å². The molecule has 0 fully saturated rings. The third-order valence-corrected chi connectivity index (χ3v) is 6.21. The van der Waals surface area contributed by atoms with Gasteiger partial charge in [-0.3, -0.25) is 4.79 Å². The first-order valence-corrected chi connectivity index (χ1v) is 12.5. The zero-order valence-corrected chi connectivity index (χ0v) is 21.6. The van der Waals surface area contributed by atoms with E-state index in [2.05, 4.69) is 41.6 Å². The largest absolute Gasteiger partial charge is 0.484 e. The Hall–Kier alpha value is -3.67. The van der Waals surface area contributed by atoms with Crippen LogP contribution in [0.15, 0.2) is 72.9 Å². The molecular formula is C31H38FN3O2. The Morgan fingerprint density at radius 1 is 1.05 bits per heavy atom. The number of amides is 1. The van der Waals surface area contributed by atoms with Crippen LogP contribution in [0.3, 0.4) is 0 Å². The summed E-state index contributed by atoms with van der Waals surface area (Å²) in [7, 11) is 0. The van der Waals surface area contributed by atoms with Crippen LogP contribution in [-0.4, -0.2) is 21.7 Å². The lowest BCUT2D eigenvalue weighted by Crippen LogP contribution is -2.44. The minimum atomic E-state index is -0.502. The van der Waals surface area contributed by atoms with Gasteiger partial charge in [0, 0.05) is 10.8 Å². The molecule has 0 bridgehead atoms. The van der Waals surface area contributed by atoms with Crippen molar-refractivity contribution in [2.45, 2.75) is 67.0 Å². The van der Waals surface area contributed by atoms with Crippen molar-refractivity contribution >= 4 is 16.8 Å². The maximum Gasteiger partial charge on any atom is 0.225 e. The number of hydrogen-bond donors (Lipinski definition) is 1. The molecule has 1 aromatic heterocycles. The van der Waals surface area contributed by atoms with E-state index in [1.54, 1.807) is 23.0 Å². The maximum absolute atomic E-state index is 13.4. The number of aromatic nitrogens is 2. The Morgan fingerprint density at radius 3 is 2.35 bits per heavy atom. The second-order valence-electron chi connectivity index (χ2n) is 10.3. The summed E-state index contributed by atoms with van der Waals surface area (Å²) in [6, 6.07) is 20.2. The van der Waals surface area contributed by atoms with Crippen LogP contribution in [0.4, 0.5) is 4.39 Å². The second-order valence-corrected chi connectivity index (χ2v) is 10.3. The van der Waals surface area contributed by atoms with Crippen LogP contribution in [-0.2, 0) is 11.2 Å². The summed E-state index contributed by atoms with van der Waals surface area (Å²) in [6.07, 6.45) is 3.50. The van der Waals surface area contributed by atoms with Gasteiger partial charge < -0.3 is 10.1 Å². The highest BCUT2D eigenvalue weighted by atomic mass is 19.1. The van der Waals surface area contributed by atoms with Crippen molar-refractivity contribution in [3.05, 3.63) is 89.9 Å². The number of fused-ring (bicyclic) bond motifs is 1. The van der Waals surface area contributed by atoms with Crippen LogP contribution in [0.2, 0.25) is 0 Å². The fourth-order valence-corrected chi connectivity index (χ4v) is 4.14. The summed E-state index contributed by atoms with van der Waals surface area (Å²) in [5.41, 5.74) is 3.45. The molecule has 0 aliphatic heterocycles. The lowest BCUT2D eigenvalue weighted by Gasteiger charge is -2.29. The third kappa shape index (κ3) is 6.56. The van der Waals surface area contributed by atoms with Gasteiger partial charge in [0.1, 0.15) is 17.7 Å². The first-order chi connectivity index (χ1) is 17.2. The first kappa shape index (κ1) is 27.9. The van der Waals surface area contributed by atoms with Gasteiger partial charge in [-0.15, -0.1) is 0 Å². The van der Waals surface area contributed by atoms with Gasteiger partial charge in [-0.05, 0) is 66.9 Å². The summed E-state index contributed by atoms with van der Waals surface area (Å²) < 4.78 is 21.6. The molecule has 1 N–H and O–H groups in total. The van der Waals surface area contributed by atoms with Gasteiger partial charge in [-0.25, -0.2) is 9.07 Å². The Morgan fingerprint density at radius 2 is 1.73 bits per heavy atom. The number of nitrogens with one attached hydrogen (secondary N) is 1. The number of halogens is 1. The molecular weight excluding hydrogens is 465 g/mol. The molecule has 0 spiro atoms. The van der Waals surface area contributed by atoms with E-state index in [0.717, 1.165) is 35.0 Å². The monoisotopic (exact) mass is 503 g/mol. The summed E-state index contributed by atoms with van der Waals surface area (Å²) in [5, 5.41) is 8.52. The van der Waals surface area contributed by atoms with Crippen molar-refractivity contribution in [1.82, 2.24) is 15.1 Å². The summed E-state index contributed by atoms with van der Waals surface area (Å²) in [6.45, 7) is 9.84. The van der Waals surface area contributed by atoms with Crippen LogP contribution in [0.25, 0.3) is 16.6 Å². The van der Waals surface area contributed by atoms with Crippen LogP contribution in [0, 0.1) is 11.2 Å². The molecule has 37 heavy (non-hydrogen) atoms. The SMILES string of the molecule is C.CCCc1ccc([C@@H](Oc2ccc3c(cnn3-c3ccc(F)cc3)c2)[C@H](C)NC(=O)C(C)(C)C)cc1. The number of ether oxygens (including phenoxy) is 1. The number of aryl methyl sites for hydroxylation is 1. The Bertz CT molecular complexity index is 1320. The Kier molecular flexibility index (Phi) is 8.74. The minimum absolute atomic E-state index is 0. The van der Waals surface area contributed by atoms with E-state index in [-0.39, 0.29) is 31.3 Å². The van der Waals surface area contributed by atoms with Crippen LogP contribution >= 0.6 is 0 Å². The molecule has 0 radical (unpaired) electrons. The van der Waals surface area contributed by atoms with Gasteiger partial charge in [-0.2, -0.15) is 5.10 Å². The minimum Gasteiger partial charge on any atom is -0.484 e. The molecule has 0 aliphatic carbocycles. The van der Waals surface area contributed by atoms with Crippen molar-refractivity contribution in [3.8, 4) is 11.4 Å². The quantitative estimate of drug-likeness (QED) is 0.272. The molecule has 1 amide bonds. The van der Waals surface area contributed by atoms with Gasteiger partial charge in [-0.1, -0.05) is 65.8 Å². The topological polar surface area (TPSA) is 56.1 Å². The highest BCUT2D eigenvalue weighted by Crippen LogP contribution is 2.30. The van der Waals surface area contributed by atoms with Crippen LogP contribution < -0.4 is 10.1 Å². The summed E-state index contributed by atoms with van der Waals surface area (Å²) in [4.78, 5) is 12.7. The molecule has 0 saturated heterocycles. The molecule has 2 atom stereocenters. The molecule has 0 saturated carbocycles. The van der Waals surface area contributed by atoms with E-state index in [1.165, 1.54) is 17.7 Å². The zero-order chi connectivity index (χ0) is 25.9. The van der Waals surface area contributed by atoms with Crippen molar-refractivity contribution < 1.29 is 13.9 Å². The fourth-order valence-electron chi connectivity index (χ4n) is 4.14. The van der Waals surface area contributed by atoms with Gasteiger partial charge in [0.25, 0.3) is 0 Å². The molecule has 4 rings (SSSR count). The van der Waals surface area contributed by atoms with Gasteiger partial charge in [0.15, 0.2) is 0 Å². The summed E-state index contributed by atoms with van der Waals surface area (Å²) >= 11 is 0. The zero-order valence-electron chi connectivity index (χ0n) is 21.6. The van der Waals surface area contributed by atoms with E-state index in [9.17, 15) is 9.18 Å². The molecule has 4 aromatic rings. The maximum atomic E-state index is 13.4. The Balaban J connectivity index is 0.00000380. The molecule has 0 aliphatic rings. The average molecular weight is 504 g/mol. The number of carbonyl (C=O) groups is 1. The third-order valence-electron chi connectivity index (χ3n) is 6.21.